The van der Waals surface area contributed by atoms with Gasteiger partial charge in [-0.25, -0.2) is 0 Å². The van der Waals surface area contributed by atoms with Crippen molar-refractivity contribution in [2.75, 3.05) is 7.11 Å². The molecule has 0 saturated heterocycles. The molecule has 0 aliphatic carbocycles. The third-order valence-electron chi connectivity index (χ3n) is 2.37. The van der Waals surface area contributed by atoms with Crippen molar-refractivity contribution in [1.29, 1.82) is 0 Å². The number of aromatic hydroxyl groups is 2. The molecule has 0 bridgehead atoms. The van der Waals surface area contributed by atoms with Gasteiger partial charge in [-0.05, 0) is 25.1 Å². The topological polar surface area (TPSA) is 97.0 Å². The molecule has 20 heavy (non-hydrogen) atoms. The minimum absolute atomic E-state index is 0.0399. The minimum atomic E-state index is -0.404. The summed E-state index contributed by atoms with van der Waals surface area (Å²) in [5.74, 6) is 0.299. The summed E-state index contributed by atoms with van der Waals surface area (Å²) in [6.45, 7) is 1.52. The molecule has 1 aromatic heterocycles. The first kappa shape index (κ1) is 15.3. The molecule has 2 N–H and O–H groups in total. The molecule has 0 unspecified atom stereocenters. The normalized spacial score (nSPS) is 9.30. The zero-order valence-corrected chi connectivity index (χ0v) is 11.0. The second-order valence-electron chi connectivity index (χ2n) is 3.74. The predicted octanol–water partition coefficient (Wildman–Crippen LogP) is 1.87. The average Bonchev–Trinajstić information content (AvgIpc) is 2.46. The van der Waals surface area contributed by atoms with Crippen LogP contribution in [0.4, 0.5) is 0 Å². The molecular weight excluding hydrogens is 264 g/mol. The highest BCUT2D eigenvalue weighted by Gasteiger charge is 2.00. The lowest BCUT2D eigenvalue weighted by Crippen LogP contribution is -1.97. The molecule has 2 aromatic rings. The van der Waals surface area contributed by atoms with Crippen molar-refractivity contribution in [1.82, 2.24) is 0 Å². The van der Waals surface area contributed by atoms with Gasteiger partial charge in [0.2, 0.25) is 11.2 Å². The van der Waals surface area contributed by atoms with Crippen LogP contribution in [0.1, 0.15) is 16.1 Å². The number of phenols is 1. The van der Waals surface area contributed by atoms with E-state index in [2.05, 4.69) is 4.42 Å². The number of aldehydes is 1. The highest BCUT2D eigenvalue weighted by Crippen LogP contribution is 2.25. The van der Waals surface area contributed by atoms with Crippen LogP contribution in [0.3, 0.4) is 0 Å². The van der Waals surface area contributed by atoms with Crippen molar-refractivity contribution in [3.05, 3.63) is 52.1 Å². The van der Waals surface area contributed by atoms with E-state index in [1.165, 1.54) is 44.6 Å². The lowest BCUT2D eigenvalue weighted by atomic mass is 10.2. The van der Waals surface area contributed by atoms with E-state index in [1.54, 1.807) is 0 Å². The number of ether oxygens (including phenoxy) is 1. The van der Waals surface area contributed by atoms with Crippen LogP contribution >= 0.6 is 0 Å². The number of aryl methyl sites for hydroxylation is 1. The number of hydrogen-bond acceptors (Lipinski definition) is 6. The minimum Gasteiger partial charge on any atom is -0.504 e. The van der Waals surface area contributed by atoms with Crippen LogP contribution in [0.15, 0.2) is 39.7 Å². The molecule has 1 aromatic carbocycles. The van der Waals surface area contributed by atoms with E-state index < -0.39 is 5.43 Å². The van der Waals surface area contributed by atoms with E-state index in [1.807, 2.05) is 0 Å². The van der Waals surface area contributed by atoms with Gasteiger partial charge in [0.15, 0.2) is 11.5 Å². The standard InChI is InChI=1S/C8H8O3.C6H6O3/c1-11-8-4-6(5-9)2-3-7(8)10;1-4-6(8)5(7)2-3-9-4/h2-5,10H,1H3;2-3,8H,1H3. The number of phenolic OH excluding ortho intramolecular Hbond substituents is 1. The van der Waals surface area contributed by atoms with Gasteiger partial charge in [0.05, 0.1) is 13.4 Å². The molecule has 0 amide bonds. The Morgan fingerprint density at radius 2 is 1.95 bits per heavy atom. The molecule has 6 nitrogen and oxygen atoms in total. The first-order valence-corrected chi connectivity index (χ1v) is 5.59. The van der Waals surface area contributed by atoms with Gasteiger partial charge in [0.25, 0.3) is 0 Å². The quantitative estimate of drug-likeness (QED) is 0.814. The first-order valence-electron chi connectivity index (χ1n) is 5.59. The molecule has 0 atom stereocenters. The third kappa shape index (κ3) is 3.88. The van der Waals surface area contributed by atoms with Gasteiger partial charge in [0.1, 0.15) is 12.0 Å². The van der Waals surface area contributed by atoms with E-state index in [0.29, 0.717) is 17.6 Å². The van der Waals surface area contributed by atoms with Gasteiger partial charge in [-0.3, -0.25) is 9.59 Å². The van der Waals surface area contributed by atoms with Gasteiger partial charge >= 0.3 is 0 Å². The van der Waals surface area contributed by atoms with Crippen molar-refractivity contribution in [3.63, 3.8) is 0 Å². The third-order valence-corrected chi connectivity index (χ3v) is 2.37. The van der Waals surface area contributed by atoms with Gasteiger partial charge in [0, 0.05) is 11.6 Å². The van der Waals surface area contributed by atoms with Crippen molar-refractivity contribution >= 4 is 6.29 Å². The number of carbonyl (C=O) groups excluding carboxylic acids is 1. The van der Waals surface area contributed by atoms with Crippen molar-refractivity contribution in [2.45, 2.75) is 6.92 Å². The molecule has 2 rings (SSSR count). The van der Waals surface area contributed by atoms with E-state index in [0.717, 1.165) is 0 Å². The number of hydrogen-bond donors (Lipinski definition) is 2. The second-order valence-corrected chi connectivity index (χ2v) is 3.74. The van der Waals surface area contributed by atoms with Crippen LogP contribution in [0, 0.1) is 6.92 Å². The molecule has 6 heteroatoms. The number of methoxy groups -OCH3 is 1. The highest BCUT2D eigenvalue weighted by atomic mass is 16.5. The molecule has 0 saturated carbocycles. The zero-order chi connectivity index (χ0) is 15.1. The van der Waals surface area contributed by atoms with Crippen molar-refractivity contribution in [2.24, 2.45) is 0 Å². The van der Waals surface area contributed by atoms with Crippen LogP contribution in [-0.2, 0) is 0 Å². The number of benzene rings is 1. The van der Waals surface area contributed by atoms with Gasteiger partial charge in [-0.15, -0.1) is 0 Å². The maximum Gasteiger partial charge on any atom is 0.226 e. The Bertz CT molecular complexity index is 644. The Hall–Kier alpha value is -2.76. The summed E-state index contributed by atoms with van der Waals surface area (Å²) in [5, 5.41) is 17.9. The summed E-state index contributed by atoms with van der Waals surface area (Å²) in [5.41, 5.74) is 0.0819. The Morgan fingerprint density at radius 1 is 1.25 bits per heavy atom. The van der Waals surface area contributed by atoms with Crippen LogP contribution in [0.5, 0.6) is 17.2 Å². The first-order chi connectivity index (χ1) is 9.49. The summed E-state index contributed by atoms with van der Waals surface area (Å²) < 4.78 is 9.47. The fourth-order valence-electron chi connectivity index (χ4n) is 1.27. The fraction of sp³-hybridized carbons (Fsp3) is 0.143. The van der Waals surface area contributed by atoms with Crippen LogP contribution in [-0.4, -0.2) is 23.6 Å². The van der Waals surface area contributed by atoms with Crippen molar-refractivity contribution < 1.29 is 24.2 Å². The summed E-state index contributed by atoms with van der Waals surface area (Å²) >= 11 is 0. The summed E-state index contributed by atoms with van der Waals surface area (Å²) in [7, 11) is 1.43. The average molecular weight is 278 g/mol. The SMILES string of the molecule is COc1cc(C=O)ccc1O.Cc1occc(=O)c1O. The molecule has 0 spiro atoms. The summed E-state index contributed by atoms with van der Waals surface area (Å²) in [6.07, 6.45) is 1.94. The summed E-state index contributed by atoms with van der Waals surface area (Å²) in [6, 6.07) is 5.58. The summed E-state index contributed by atoms with van der Waals surface area (Å²) in [4.78, 5) is 20.8. The second kappa shape index (κ2) is 6.98. The van der Waals surface area contributed by atoms with Crippen LogP contribution < -0.4 is 10.2 Å². The Balaban J connectivity index is 0.000000204. The Labute approximate surface area is 114 Å². The van der Waals surface area contributed by atoms with E-state index in [4.69, 9.17) is 14.9 Å². The van der Waals surface area contributed by atoms with Crippen LogP contribution in [0.2, 0.25) is 0 Å². The van der Waals surface area contributed by atoms with Gasteiger partial charge in [-0.1, -0.05) is 0 Å². The van der Waals surface area contributed by atoms with E-state index >= 15 is 0 Å². The van der Waals surface area contributed by atoms with Crippen LogP contribution in [0.25, 0.3) is 0 Å². The Morgan fingerprint density at radius 3 is 2.45 bits per heavy atom. The largest absolute Gasteiger partial charge is 0.504 e. The number of rotatable bonds is 2. The molecule has 1 heterocycles. The van der Waals surface area contributed by atoms with Gasteiger partial charge < -0.3 is 19.4 Å². The van der Waals surface area contributed by atoms with Gasteiger partial charge in [-0.2, -0.15) is 0 Å². The molecule has 106 valence electrons. The highest BCUT2D eigenvalue weighted by molar-refractivity contribution is 5.76. The van der Waals surface area contributed by atoms with E-state index in [9.17, 15) is 9.59 Å². The molecular formula is C14H14O6. The fourth-order valence-corrected chi connectivity index (χ4v) is 1.27. The predicted molar refractivity (Wildman–Crippen MR) is 71.4 cm³/mol. The zero-order valence-electron chi connectivity index (χ0n) is 11.0. The lowest BCUT2D eigenvalue weighted by molar-refractivity contribution is 0.112. The smallest absolute Gasteiger partial charge is 0.226 e. The maximum atomic E-state index is 10.5. The molecule has 0 fully saturated rings. The maximum absolute atomic E-state index is 10.5. The van der Waals surface area contributed by atoms with Crippen molar-refractivity contribution in [3.8, 4) is 17.2 Å². The van der Waals surface area contributed by atoms with E-state index in [-0.39, 0.29) is 17.3 Å². The Kier molecular flexibility index (Phi) is 5.34. The number of carbonyl (C=O) groups is 1. The molecule has 0 aliphatic heterocycles. The molecule has 0 aliphatic rings. The molecule has 0 radical (unpaired) electrons. The monoisotopic (exact) mass is 278 g/mol. The lowest BCUT2D eigenvalue weighted by Gasteiger charge is -2.01.